The largest absolute Gasteiger partial charge is 0.481 e. The summed E-state index contributed by atoms with van der Waals surface area (Å²) < 4.78 is 15.6. The van der Waals surface area contributed by atoms with Crippen molar-refractivity contribution in [1.82, 2.24) is 5.32 Å². The Morgan fingerprint density at radius 2 is 1.93 bits per heavy atom. The number of hydrogen-bond acceptors (Lipinski definition) is 6. The van der Waals surface area contributed by atoms with Crippen molar-refractivity contribution in [3.05, 3.63) is 40.2 Å². The van der Waals surface area contributed by atoms with E-state index >= 15 is 0 Å². The number of nitrogens with one attached hydrogen (secondary N) is 1. The number of carbonyl (C=O) groups is 2. The number of hydrogen-bond donors (Lipinski definition) is 1. The molecular weight excluding hydrogens is 350 g/mol. The summed E-state index contributed by atoms with van der Waals surface area (Å²) in [5, 5.41) is 3.48. The van der Waals surface area contributed by atoms with Crippen molar-refractivity contribution in [3.8, 4) is 5.75 Å². The third-order valence-electron chi connectivity index (χ3n) is 4.57. The summed E-state index contributed by atoms with van der Waals surface area (Å²) in [7, 11) is 1.29. The standard InChI is InChI=1S/C20H25NO6/c1-6-11(2)18(20(24)25-5)21-19(23)13(4)26-14-7-8-15-12(3)9-17(22)27-16(15)10-14/h7-11,13,18H,6H2,1-5H3,(H,21,23)/t11?,13?,18-/m1/s1. The van der Waals surface area contributed by atoms with Crippen molar-refractivity contribution in [2.24, 2.45) is 5.92 Å². The van der Waals surface area contributed by atoms with Crippen molar-refractivity contribution in [1.29, 1.82) is 0 Å². The van der Waals surface area contributed by atoms with Crippen LogP contribution in [0.2, 0.25) is 0 Å². The second-order valence-corrected chi connectivity index (χ2v) is 6.56. The van der Waals surface area contributed by atoms with Crippen molar-refractivity contribution in [3.63, 3.8) is 0 Å². The highest BCUT2D eigenvalue weighted by atomic mass is 16.5. The van der Waals surface area contributed by atoms with Crippen molar-refractivity contribution < 1.29 is 23.5 Å². The lowest BCUT2D eigenvalue weighted by Gasteiger charge is -2.24. The molecule has 2 aromatic rings. The Hall–Kier alpha value is -2.83. The lowest BCUT2D eigenvalue weighted by Crippen LogP contribution is -2.49. The molecule has 27 heavy (non-hydrogen) atoms. The first-order chi connectivity index (χ1) is 12.8. The first-order valence-corrected chi connectivity index (χ1v) is 8.86. The Morgan fingerprint density at radius 1 is 1.22 bits per heavy atom. The van der Waals surface area contributed by atoms with Gasteiger partial charge >= 0.3 is 11.6 Å². The maximum Gasteiger partial charge on any atom is 0.336 e. The lowest BCUT2D eigenvalue weighted by molar-refractivity contribution is -0.147. The van der Waals surface area contributed by atoms with E-state index in [0.29, 0.717) is 17.8 Å². The molecule has 1 heterocycles. The van der Waals surface area contributed by atoms with Crippen LogP contribution in [0.3, 0.4) is 0 Å². The first kappa shape index (κ1) is 20.5. The monoisotopic (exact) mass is 375 g/mol. The maximum absolute atomic E-state index is 12.5. The third-order valence-corrected chi connectivity index (χ3v) is 4.57. The van der Waals surface area contributed by atoms with Crippen molar-refractivity contribution >= 4 is 22.8 Å². The van der Waals surface area contributed by atoms with E-state index in [0.717, 1.165) is 10.9 Å². The molecule has 7 nitrogen and oxygen atoms in total. The number of carbonyl (C=O) groups excluding carboxylic acids is 2. The molecule has 7 heteroatoms. The molecule has 1 amide bonds. The molecule has 0 spiro atoms. The minimum atomic E-state index is -0.852. The van der Waals surface area contributed by atoms with Crippen LogP contribution in [-0.2, 0) is 14.3 Å². The summed E-state index contributed by atoms with van der Waals surface area (Å²) >= 11 is 0. The van der Waals surface area contributed by atoms with E-state index in [1.807, 2.05) is 20.8 Å². The Balaban J connectivity index is 2.14. The van der Waals surface area contributed by atoms with E-state index in [2.05, 4.69) is 5.32 Å². The van der Waals surface area contributed by atoms with Gasteiger partial charge in [0.15, 0.2) is 6.10 Å². The van der Waals surface area contributed by atoms with Crippen molar-refractivity contribution in [2.75, 3.05) is 7.11 Å². The van der Waals surface area contributed by atoms with Gasteiger partial charge in [0, 0.05) is 17.5 Å². The highest BCUT2D eigenvalue weighted by Crippen LogP contribution is 2.23. The van der Waals surface area contributed by atoms with Crippen molar-refractivity contribution in [2.45, 2.75) is 46.3 Å². The molecule has 0 bridgehead atoms. The van der Waals surface area contributed by atoms with Gasteiger partial charge in [0.25, 0.3) is 5.91 Å². The van der Waals surface area contributed by atoms with Crippen LogP contribution < -0.4 is 15.7 Å². The fourth-order valence-corrected chi connectivity index (χ4v) is 2.70. The Morgan fingerprint density at radius 3 is 2.56 bits per heavy atom. The second-order valence-electron chi connectivity index (χ2n) is 6.56. The van der Waals surface area contributed by atoms with Gasteiger partial charge in [-0.15, -0.1) is 0 Å². The van der Waals surface area contributed by atoms with Crippen LogP contribution in [0.5, 0.6) is 5.75 Å². The number of benzene rings is 1. The Kier molecular flexibility index (Phi) is 6.60. The van der Waals surface area contributed by atoms with Crippen LogP contribution in [0.25, 0.3) is 11.0 Å². The summed E-state index contributed by atoms with van der Waals surface area (Å²) in [6.07, 6.45) is -0.145. The summed E-state index contributed by atoms with van der Waals surface area (Å²) in [5.74, 6) is -0.618. The van der Waals surface area contributed by atoms with E-state index in [1.54, 1.807) is 25.1 Å². The van der Waals surface area contributed by atoms with E-state index in [-0.39, 0.29) is 5.92 Å². The molecule has 2 rings (SSSR count). The Labute approximate surface area is 157 Å². The van der Waals surface area contributed by atoms with Crippen LogP contribution in [0, 0.1) is 12.8 Å². The van der Waals surface area contributed by atoms with Gasteiger partial charge < -0.3 is 19.2 Å². The quantitative estimate of drug-likeness (QED) is 0.590. The van der Waals surface area contributed by atoms with Gasteiger partial charge in [-0.25, -0.2) is 9.59 Å². The van der Waals surface area contributed by atoms with Gasteiger partial charge in [-0.2, -0.15) is 0 Å². The SMILES string of the molecule is CCC(C)[C@@H](NC(=O)C(C)Oc1ccc2c(C)cc(=O)oc2c1)C(=O)OC. The van der Waals surface area contributed by atoms with Gasteiger partial charge in [-0.05, 0) is 37.5 Å². The van der Waals surface area contributed by atoms with E-state index in [9.17, 15) is 14.4 Å². The minimum Gasteiger partial charge on any atom is -0.481 e. The number of ether oxygens (including phenoxy) is 2. The average Bonchev–Trinajstić information content (AvgIpc) is 2.64. The van der Waals surface area contributed by atoms with Crippen LogP contribution >= 0.6 is 0 Å². The molecule has 0 aliphatic heterocycles. The fraction of sp³-hybridized carbons (Fsp3) is 0.450. The van der Waals surface area contributed by atoms with Gasteiger partial charge in [0.2, 0.25) is 0 Å². The van der Waals surface area contributed by atoms with Crippen LogP contribution in [0.4, 0.5) is 0 Å². The molecule has 1 aromatic carbocycles. The van der Waals surface area contributed by atoms with Gasteiger partial charge in [0.05, 0.1) is 7.11 Å². The molecule has 0 aliphatic rings. The molecule has 0 fully saturated rings. The van der Waals surface area contributed by atoms with Gasteiger partial charge in [0.1, 0.15) is 17.4 Å². The zero-order valence-electron chi connectivity index (χ0n) is 16.2. The predicted molar refractivity (Wildman–Crippen MR) is 101 cm³/mol. The molecular formula is C20H25NO6. The Bertz CT molecular complexity index is 888. The fourth-order valence-electron chi connectivity index (χ4n) is 2.70. The average molecular weight is 375 g/mol. The number of methoxy groups -OCH3 is 1. The zero-order chi connectivity index (χ0) is 20.1. The molecule has 0 radical (unpaired) electrons. The molecule has 1 N–H and O–H groups in total. The topological polar surface area (TPSA) is 94.8 Å². The van der Waals surface area contributed by atoms with Crippen LogP contribution in [-0.4, -0.2) is 31.1 Å². The summed E-state index contributed by atoms with van der Waals surface area (Å²) in [5.41, 5.74) is 0.739. The third kappa shape index (κ3) is 4.87. The highest BCUT2D eigenvalue weighted by molar-refractivity contribution is 5.87. The molecule has 0 saturated heterocycles. The second kappa shape index (κ2) is 8.70. The molecule has 1 aromatic heterocycles. The normalized spacial score (nSPS) is 14.3. The smallest absolute Gasteiger partial charge is 0.336 e. The predicted octanol–water partition coefficient (Wildman–Crippen LogP) is 2.57. The molecule has 0 saturated carbocycles. The number of amides is 1. The van der Waals surface area contributed by atoms with Crippen LogP contribution in [0.15, 0.2) is 33.5 Å². The molecule has 146 valence electrons. The van der Waals surface area contributed by atoms with E-state index in [4.69, 9.17) is 13.9 Å². The van der Waals surface area contributed by atoms with E-state index in [1.165, 1.54) is 13.2 Å². The molecule has 0 aliphatic carbocycles. The maximum atomic E-state index is 12.5. The van der Waals surface area contributed by atoms with Gasteiger partial charge in [-0.1, -0.05) is 20.3 Å². The highest BCUT2D eigenvalue weighted by Gasteiger charge is 2.29. The van der Waals surface area contributed by atoms with E-state index < -0.39 is 29.6 Å². The van der Waals surface area contributed by atoms with Crippen LogP contribution in [0.1, 0.15) is 32.8 Å². The lowest BCUT2D eigenvalue weighted by atomic mass is 9.99. The zero-order valence-corrected chi connectivity index (χ0v) is 16.2. The number of aryl methyl sites for hydroxylation is 1. The minimum absolute atomic E-state index is 0.0773. The molecule has 2 unspecified atom stereocenters. The summed E-state index contributed by atoms with van der Waals surface area (Å²) in [6, 6.07) is 5.71. The number of esters is 1. The molecule has 3 atom stereocenters. The number of rotatable bonds is 7. The summed E-state index contributed by atoms with van der Waals surface area (Å²) in [6.45, 7) is 7.19. The van der Waals surface area contributed by atoms with Gasteiger partial charge in [-0.3, -0.25) is 4.79 Å². The summed E-state index contributed by atoms with van der Waals surface area (Å²) in [4.78, 5) is 35.9. The number of fused-ring (bicyclic) bond motifs is 1. The first-order valence-electron chi connectivity index (χ1n) is 8.86.